The van der Waals surface area contributed by atoms with Crippen LogP contribution in [0.15, 0.2) is 12.4 Å². The molecule has 1 saturated carbocycles. The fourth-order valence-corrected chi connectivity index (χ4v) is 2.84. The molecule has 2 atom stereocenters. The first-order valence-electron chi connectivity index (χ1n) is 8.10. The van der Waals surface area contributed by atoms with Crippen LogP contribution in [0, 0.1) is 6.92 Å². The van der Waals surface area contributed by atoms with Crippen LogP contribution in [0.2, 0.25) is 0 Å². The topological polar surface area (TPSA) is 59.0 Å². The summed E-state index contributed by atoms with van der Waals surface area (Å²) < 4.78 is 1.98. The number of carbonyl (C=O) groups is 1. The van der Waals surface area contributed by atoms with E-state index in [2.05, 4.69) is 35.8 Å². The first-order valence-corrected chi connectivity index (χ1v) is 8.10. The number of hydrogen-bond acceptors (Lipinski definition) is 3. The molecule has 1 aromatic heterocycles. The molecule has 5 heteroatoms. The van der Waals surface area contributed by atoms with Gasteiger partial charge in [-0.05, 0) is 39.2 Å². The van der Waals surface area contributed by atoms with Crippen molar-refractivity contribution >= 4 is 5.91 Å². The molecule has 1 aromatic rings. The van der Waals surface area contributed by atoms with E-state index in [0.717, 1.165) is 12.8 Å². The van der Waals surface area contributed by atoms with Gasteiger partial charge in [0, 0.05) is 31.2 Å². The number of amides is 1. The molecular weight excluding hydrogens is 264 g/mol. The highest BCUT2D eigenvalue weighted by atomic mass is 16.1. The number of aryl methyl sites for hydroxylation is 1. The zero-order valence-corrected chi connectivity index (χ0v) is 13.4. The Balaban J connectivity index is 1.66. The van der Waals surface area contributed by atoms with Crippen molar-refractivity contribution in [3.05, 3.63) is 18.0 Å². The molecule has 0 radical (unpaired) electrons. The zero-order chi connectivity index (χ0) is 15.2. The SMILES string of the molecule is Cc1cnn(C(C)C(C)NCCC(=O)NC2CCCC2)c1. The van der Waals surface area contributed by atoms with Crippen molar-refractivity contribution in [1.82, 2.24) is 20.4 Å². The predicted molar refractivity (Wildman–Crippen MR) is 84.2 cm³/mol. The van der Waals surface area contributed by atoms with Crippen LogP contribution in [0.3, 0.4) is 0 Å². The molecule has 1 heterocycles. The van der Waals surface area contributed by atoms with Crippen LogP contribution in [-0.4, -0.2) is 34.3 Å². The molecule has 1 aliphatic carbocycles. The Kier molecular flexibility index (Phi) is 5.79. The summed E-state index contributed by atoms with van der Waals surface area (Å²) in [5.74, 6) is 0.171. The highest BCUT2D eigenvalue weighted by Gasteiger charge is 2.18. The van der Waals surface area contributed by atoms with E-state index in [4.69, 9.17) is 0 Å². The number of carbonyl (C=O) groups excluding carboxylic acids is 1. The van der Waals surface area contributed by atoms with E-state index in [1.807, 2.05) is 17.8 Å². The van der Waals surface area contributed by atoms with Gasteiger partial charge in [-0.2, -0.15) is 5.10 Å². The zero-order valence-electron chi connectivity index (χ0n) is 13.4. The van der Waals surface area contributed by atoms with Gasteiger partial charge in [-0.25, -0.2) is 0 Å². The summed E-state index contributed by atoms with van der Waals surface area (Å²) in [6.45, 7) is 7.03. The van der Waals surface area contributed by atoms with Crippen LogP contribution in [0.1, 0.15) is 57.6 Å². The van der Waals surface area contributed by atoms with Crippen molar-refractivity contribution in [2.45, 2.75) is 71.0 Å². The Bertz CT molecular complexity index is 451. The quantitative estimate of drug-likeness (QED) is 0.810. The van der Waals surface area contributed by atoms with E-state index in [0.29, 0.717) is 19.0 Å². The average Bonchev–Trinajstić information content (AvgIpc) is 3.09. The van der Waals surface area contributed by atoms with Gasteiger partial charge in [0.15, 0.2) is 0 Å². The van der Waals surface area contributed by atoms with Gasteiger partial charge in [0.25, 0.3) is 0 Å². The van der Waals surface area contributed by atoms with Crippen LogP contribution < -0.4 is 10.6 Å². The molecule has 2 N–H and O–H groups in total. The fraction of sp³-hybridized carbons (Fsp3) is 0.750. The Morgan fingerprint density at radius 2 is 2.14 bits per heavy atom. The van der Waals surface area contributed by atoms with Crippen molar-refractivity contribution < 1.29 is 4.79 Å². The molecule has 0 aromatic carbocycles. The molecule has 0 spiro atoms. The largest absolute Gasteiger partial charge is 0.353 e. The lowest BCUT2D eigenvalue weighted by Gasteiger charge is -2.22. The average molecular weight is 292 g/mol. The second-order valence-electron chi connectivity index (χ2n) is 6.28. The van der Waals surface area contributed by atoms with Gasteiger partial charge in [-0.1, -0.05) is 12.8 Å². The van der Waals surface area contributed by atoms with Crippen LogP contribution >= 0.6 is 0 Å². The van der Waals surface area contributed by atoms with Gasteiger partial charge in [-0.3, -0.25) is 9.48 Å². The van der Waals surface area contributed by atoms with E-state index in [1.165, 1.54) is 18.4 Å². The molecule has 0 saturated heterocycles. The van der Waals surface area contributed by atoms with Gasteiger partial charge in [0.1, 0.15) is 0 Å². The maximum absolute atomic E-state index is 11.9. The van der Waals surface area contributed by atoms with Gasteiger partial charge in [0.05, 0.1) is 12.2 Å². The van der Waals surface area contributed by atoms with E-state index in [9.17, 15) is 4.79 Å². The van der Waals surface area contributed by atoms with Crippen LogP contribution in [-0.2, 0) is 4.79 Å². The Labute approximate surface area is 127 Å². The Hall–Kier alpha value is -1.36. The summed E-state index contributed by atoms with van der Waals surface area (Å²) in [6, 6.07) is 0.973. The third-order valence-corrected chi connectivity index (χ3v) is 4.41. The number of nitrogens with one attached hydrogen (secondary N) is 2. The highest BCUT2D eigenvalue weighted by molar-refractivity contribution is 5.76. The lowest BCUT2D eigenvalue weighted by atomic mass is 10.1. The maximum Gasteiger partial charge on any atom is 0.221 e. The number of hydrogen-bond donors (Lipinski definition) is 2. The number of nitrogens with zero attached hydrogens (tertiary/aromatic N) is 2. The summed E-state index contributed by atoms with van der Waals surface area (Å²) in [6.07, 6.45) is 9.26. The Morgan fingerprint density at radius 1 is 1.43 bits per heavy atom. The summed E-state index contributed by atoms with van der Waals surface area (Å²) in [5.41, 5.74) is 1.17. The van der Waals surface area contributed by atoms with Crippen molar-refractivity contribution in [3.8, 4) is 0 Å². The number of rotatable bonds is 7. The molecule has 1 fully saturated rings. The minimum Gasteiger partial charge on any atom is -0.353 e. The minimum absolute atomic E-state index is 0.171. The van der Waals surface area contributed by atoms with Gasteiger partial charge >= 0.3 is 0 Å². The summed E-state index contributed by atoms with van der Waals surface area (Å²) in [5, 5.41) is 10.9. The Morgan fingerprint density at radius 3 is 2.76 bits per heavy atom. The third-order valence-electron chi connectivity index (χ3n) is 4.41. The maximum atomic E-state index is 11.9. The van der Waals surface area contributed by atoms with Crippen LogP contribution in [0.4, 0.5) is 0 Å². The molecule has 118 valence electrons. The van der Waals surface area contributed by atoms with E-state index >= 15 is 0 Å². The monoisotopic (exact) mass is 292 g/mol. The summed E-state index contributed by atoms with van der Waals surface area (Å²) >= 11 is 0. The van der Waals surface area contributed by atoms with Crippen LogP contribution in [0.5, 0.6) is 0 Å². The van der Waals surface area contributed by atoms with Gasteiger partial charge in [0.2, 0.25) is 5.91 Å². The molecule has 2 rings (SSSR count). The van der Waals surface area contributed by atoms with Crippen molar-refractivity contribution in [2.75, 3.05) is 6.54 Å². The molecule has 2 unspecified atom stereocenters. The first kappa shape index (κ1) is 16.0. The van der Waals surface area contributed by atoms with Gasteiger partial charge in [-0.15, -0.1) is 0 Å². The summed E-state index contributed by atoms with van der Waals surface area (Å²) in [4.78, 5) is 11.9. The molecule has 21 heavy (non-hydrogen) atoms. The van der Waals surface area contributed by atoms with Crippen molar-refractivity contribution in [1.29, 1.82) is 0 Å². The standard InChI is InChI=1S/C16H28N4O/c1-12-10-18-20(11-12)14(3)13(2)17-9-8-16(21)19-15-6-4-5-7-15/h10-11,13-15,17H,4-9H2,1-3H3,(H,19,21). The van der Waals surface area contributed by atoms with E-state index < -0.39 is 0 Å². The highest BCUT2D eigenvalue weighted by Crippen LogP contribution is 2.17. The molecule has 1 aliphatic rings. The second-order valence-corrected chi connectivity index (χ2v) is 6.28. The molecule has 0 bridgehead atoms. The summed E-state index contributed by atoms with van der Waals surface area (Å²) in [7, 11) is 0. The van der Waals surface area contributed by atoms with E-state index in [1.54, 1.807) is 0 Å². The third kappa shape index (κ3) is 4.84. The lowest BCUT2D eigenvalue weighted by molar-refractivity contribution is -0.121. The number of aromatic nitrogens is 2. The molecule has 1 amide bonds. The van der Waals surface area contributed by atoms with Crippen molar-refractivity contribution in [3.63, 3.8) is 0 Å². The van der Waals surface area contributed by atoms with Crippen LogP contribution in [0.25, 0.3) is 0 Å². The molecular formula is C16H28N4O. The second kappa shape index (κ2) is 7.59. The smallest absolute Gasteiger partial charge is 0.221 e. The minimum atomic E-state index is 0.171. The van der Waals surface area contributed by atoms with E-state index in [-0.39, 0.29) is 18.0 Å². The van der Waals surface area contributed by atoms with Gasteiger partial charge < -0.3 is 10.6 Å². The first-order chi connectivity index (χ1) is 10.1. The lowest BCUT2D eigenvalue weighted by Crippen LogP contribution is -2.38. The molecule has 5 nitrogen and oxygen atoms in total. The fourth-order valence-electron chi connectivity index (χ4n) is 2.84. The predicted octanol–water partition coefficient (Wildman–Crippen LogP) is 2.18. The molecule has 0 aliphatic heterocycles. The van der Waals surface area contributed by atoms with Crippen molar-refractivity contribution in [2.24, 2.45) is 0 Å². The normalized spacial score (nSPS) is 18.6.